The van der Waals surface area contributed by atoms with Crippen molar-refractivity contribution in [2.75, 3.05) is 19.6 Å². The zero-order chi connectivity index (χ0) is 16.5. The molecule has 2 aromatic rings. The van der Waals surface area contributed by atoms with Crippen LogP contribution in [0, 0.1) is 5.92 Å². The van der Waals surface area contributed by atoms with Crippen LogP contribution in [0.3, 0.4) is 0 Å². The molecule has 1 N–H and O–H groups in total. The van der Waals surface area contributed by atoms with Gasteiger partial charge in [-0.3, -0.25) is 4.79 Å². The zero-order valence-corrected chi connectivity index (χ0v) is 15.3. The molecular formula is C18H25ClN4O2. The average molecular weight is 365 g/mol. The molecule has 2 aromatic heterocycles. The van der Waals surface area contributed by atoms with Gasteiger partial charge in [-0.15, -0.1) is 12.4 Å². The average Bonchev–Trinajstić information content (AvgIpc) is 3.37. The normalized spacial score (nSPS) is 18.4. The van der Waals surface area contributed by atoms with Gasteiger partial charge in [-0.2, -0.15) is 0 Å². The number of amides is 1. The van der Waals surface area contributed by atoms with Gasteiger partial charge >= 0.3 is 0 Å². The number of carbonyl (C=O) groups is 1. The molecular weight excluding hydrogens is 340 g/mol. The fourth-order valence-electron chi connectivity index (χ4n) is 3.38. The lowest BCUT2D eigenvalue weighted by Gasteiger charge is -2.32. The third-order valence-corrected chi connectivity index (χ3v) is 5.16. The minimum Gasteiger partial charge on any atom is -0.338 e. The number of nitrogens with zero attached hydrogens (tertiary/aromatic N) is 3. The number of aryl methyl sites for hydroxylation is 1. The van der Waals surface area contributed by atoms with Crippen LogP contribution in [-0.2, 0) is 6.42 Å². The largest absolute Gasteiger partial charge is 0.338 e. The summed E-state index contributed by atoms with van der Waals surface area (Å²) in [5, 5.41) is 8.50. The summed E-state index contributed by atoms with van der Waals surface area (Å²) in [4.78, 5) is 19.0. The lowest BCUT2D eigenvalue weighted by molar-refractivity contribution is 0.0704. The van der Waals surface area contributed by atoms with Crippen molar-refractivity contribution in [3.63, 3.8) is 0 Å². The molecule has 0 bridgehead atoms. The molecule has 1 saturated carbocycles. The van der Waals surface area contributed by atoms with Crippen molar-refractivity contribution in [2.24, 2.45) is 5.92 Å². The number of hydrogen-bond donors (Lipinski definition) is 1. The quantitative estimate of drug-likeness (QED) is 0.883. The maximum atomic E-state index is 12.8. The Hall–Kier alpha value is -1.66. The van der Waals surface area contributed by atoms with Crippen molar-refractivity contribution in [1.29, 1.82) is 0 Å². The SMILES string of the molecule is CCc1noc2ncc(C(=O)N3CCC(NCC4CC4)CC3)cc12.Cl. The number of fused-ring (bicyclic) bond motifs is 1. The fraction of sp³-hybridized carbons (Fsp3) is 0.611. The Kier molecular flexibility index (Phi) is 5.59. The molecule has 0 atom stereocenters. The van der Waals surface area contributed by atoms with Crippen LogP contribution in [0.5, 0.6) is 0 Å². The first kappa shape index (κ1) is 18.1. The van der Waals surface area contributed by atoms with Crippen LogP contribution < -0.4 is 5.32 Å². The third kappa shape index (κ3) is 3.96. The molecule has 6 nitrogen and oxygen atoms in total. The van der Waals surface area contributed by atoms with Gasteiger partial charge in [0.1, 0.15) is 0 Å². The predicted molar refractivity (Wildman–Crippen MR) is 98.1 cm³/mol. The summed E-state index contributed by atoms with van der Waals surface area (Å²) in [7, 11) is 0. The highest BCUT2D eigenvalue weighted by Crippen LogP contribution is 2.28. The van der Waals surface area contributed by atoms with Crippen molar-refractivity contribution in [2.45, 2.75) is 45.1 Å². The number of likely N-dealkylation sites (tertiary alicyclic amines) is 1. The van der Waals surface area contributed by atoms with Gasteiger partial charge in [0.05, 0.1) is 16.6 Å². The van der Waals surface area contributed by atoms with Gasteiger partial charge in [0.15, 0.2) is 0 Å². The molecule has 2 aliphatic rings. The van der Waals surface area contributed by atoms with Gasteiger partial charge in [0.2, 0.25) is 0 Å². The van der Waals surface area contributed by atoms with Gasteiger partial charge in [-0.05, 0) is 50.6 Å². The Morgan fingerprint density at radius 3 is 2.76 bits per heavy atom. The van der Waals surface area contributed by atoms with Crippen molar-refractivity contribution < 1.29 is 9.32 Å². The van der Waals surface area contributed by atoms with E-state index in [1.165, 1.54) is 12.8 Å². The second-order valence-corrected chi connectivity index (χ2v) is 6.98. The standard InChI is InChI=1S/C18H24N4O2.ClH/c1-2-16-15-9-13(11-20-17(15)24-21-16)18(23)22-7-5-14(6-8-22)19-10-12-3-4-12;/h9,11-12,14,19H,2-8,10H2,1H3;1H. The summed E-state index contributed by atoms with van der Waals surface area (Å²) in [5.41, 5.74) is 1.99. The Balaban J connectivity index is 0.00000182. The second-order valence-electron chi connectivity index (χ2n) is 6.98. The van der Waals surface area contributed by atoms with E-state index in [2.05, 4.69) is 15.5 Å². The maximum Gasteiger partial charge on any atom is 0.257 e. The molecule has 25 heavy (non-hydrogen) atoms. The monoisotopic (exact) mass is 364 g/mol. The van der Waals surface area contributed by atoms with Gasteiger partial charge in [-0.1, -0.05) is 12.1 Å². The number of hydrogen-bond acceptors (Lipinski definition) is 5. The van der Waals surface area contributed by atoms with Crippen LogP contribution in [0.2, 0.25) is 0 Å². The minimum atomic E-state index is 0. The van der Waals surface area contributed by atoms with E-state index in [1.807, 2.05) is 17.9 Å². The number of aromatic nitrogens is 2. The van der Waals surface area contributed by atoms with E-state index in [4.69, 9.17) is 4.52 Å². The molecule has 1 aliphatic carbocycles. The minimum absolute atomic E-state index is 0. The summed E-state index contributed by atoms with van der Waals surface area (Å²) in [6, 6.07) is 2.43. The van der Waals surface area contributed by atoms with E-state index < -0.39 is 0 Å². The number of nitrogens with one attached hydrogen (secondary N) is 1. The number of pyridine rings is 1. The molecule has 2 fully saturated rings. The Labute approximate surface area is 153 Å². The van der Waals surface area contributed by atoms with Gasteiger partial charge in [-0.25, -0.2) is 4.98 Å². The summed E-state index contributed by atoms with van der Waals surface area (Å²) in [5.74, 6) is 0.965. The van der Waals surface area contributed by atoms with Gasteiger partial charge in [0.25, 0.3) is 11.6 Å². The van der Waals surface area contributed by atoms with Gasteiger partial charge in [0, 0.05) is 25.3 Å². The van der Waals surface area contributed by atoms with E-state index in [0.29, 0.717) is 17.3 Å². The van der Waals surface area contributed by atoms with Crippen molar-refractivity contribution in [3.05, 3.63) is 23.5 Å². The molecule has 7 heteroatoms. The summed E-state index contributed by atoms with van der Waals surface area (Å²) in [6.07, 6.45) is 7.19. The first-order chi connectivity index (χ1) is 11.7. The number of carbonyl (C=O) groups excluding carboxylic acids is 1. The lowest BCUT2D eigenvalue weighted by atomic mass is 10.0. The molecule has 1 amide bonds. The van der Waals surface area contributed by atoms with Crippen LogP contribution in [0.4, 0.5) is 0 Å². The Bertz CT molecular complexity index is 736. The predicted octanol–water partition coefficient (Wildman–Crippen LogP) is 2.81. The van der Waals surface area contributed by atoms with Crippen LogP contribution >= 0.6 is 12.4 Å². The van der Waals surface area contributed by atoms with Crippen LogP contribution in [0.1, 0.15) is 48.7 Å². The smallest absolute Gasteiger partial charge is 0.257 e. The molecule has 0 spiro atoms. The fourth-order valence-corrected chi connectivity index (χ4v) is 3.38. The number of halogens is 1. The lowest BCUT2D eigenvalue weighted by Crippen LogP contribution is -2.45. The molecule has 4 rings (SSSR count). The maximum absolute atomic E-state index is 12.8. The zero-order valence-electron chi connectivity index (χ0n) is 14.5. The van der Waals surface area contributed by atoms with E-state index in [0.717, 1.165) is 55.9 Å². The highest BCUT2D eigenvalue weighted by Gasteiger charge is 2.26. The molecule has 3 heterocycles. The highest BCUT2D eigenvalue weighted by atomic mass is 35.5. The molecule has 0 radical (unpaired) electrons. The van der Waals surface area contributed by atoms with Crippen molar-refractivity contribution in [1.82, 2.24) is 20.4 Å². The summed E-state index contributed by atoms with van der Waals surface area (Å²) < 4.78 is 5.19. The first-order valence-electron chi connectivity index (χ1n) is 9.01. The third-order valence-electron chi connectivity index (χ3n) is 5.16. The molecule has 0 unspecified atom stereocenters. The Morgan fingerprint density at radius 1 is 1.32 bits per heavy atom. The van der Waals surface area contributed by atoms with E-state index in [1.54, 1.807) is 6.20 Å². The molecule has 1 saturated heterocycles. The molecule has 0 aromatic carbocycles. The first-order valence-corrected chi connectivity index (χ1v) is 9.01. The second kappa shape index (κ2) is 7.70. The molecule has 1 aliphatic heterocycles. The van der Waals surface area contributed by atoms with Crippen molar-refractivity contribution in [3.8, 4) is 0 Å². The molecule has 136 valence electrons. The van der Waals surface area contributed by atoms with Crippen LogP contribution in [-0.4, -0.2) is 46.6 Å². The summed E-state index contributed by atoms with van der Waals surface area (Å²) in [6.45, 7) is 4.78. The number of rotatable bonds is 5. The van der Waals surface area contributed by atoms with E-state index in [9.17, 15) is 4.79 Å². The topological polar surface area (TPSA) is 71.3 Å². The van der Waals surface area contributed by atoms with E-state index >= 15 is 0 Å². The van der Waals surface area contributed by atoms with Crippen molar-refractivity contribution >= 4 is 29.4 Å². The van der Waals surface area contributed by atoms with E-state index in [-0.39, 0.29) is 18.3 Å². The highest BCUT2D eigenvalue weighted by molar-refractivity contribution is 5.97. The summed E-state index contributed by atoms with van der Waals surface area (Å²) >= 11 is 0. The number of piperidine rings is 1. The van der Waals surface area contributed by atoms with Crippen LogP contribution in [0.15, 0.2) is 16.8 Å². The Morgan fingerprint density at radius 2 is 2.08 bits per heavy atom. The van der Waals surface area contributed by atoms with Crippen LogP contribution in [0.25, 0.3) is 11.1 Å². The van der Waals surface area contributed by atoms with Gasteiger partial charge < -0.3 is 14.7 Å².